The number of aromatic nitrogens is 10. The summed E-state index contributed by atoms with van der Waals surface area (Å²) in [5.41, 5.74) is 12.1. The summed E-state index contributed by atoms with van der Waals surface area (Å²) in [5.74, 6) is 0.0433. The molecule has 8 aromatic carbocycles. The second-order valence-electron chi connectivity index (χ2n) is 27.3. The minimum Gasteiger partial charge on any atom is -0.537 e. The number of likely N-dealkylation sites (tertiary alicyclic amines) is 1. The predicted molar refractivity (Wildman–Crippen MR) is 449 cm³/mol. The van der Waals surface area contributed by atoms with Gasteiger partial charge < -0.3 is 34.8 Å². The number of hydrogen-bond donors (Lipinski definition) is 3. The smallest absolute Gasteiger partial charge is 0.537 e. The fraction of sp³-hybridized carbons (Fsp3) is 0.238. The molecule has 4 fully saturated rings. The number of fused-ring (bicyclic) bond motifs is 4. The van der Waals surface area contributed by atoms with Crippen molar-refractivity contribution in [3.63, 3.8) is 0 Å². The minimum atomic E-state index is -0.926. The zero-order valence-electron chi connectivity index (χ0n) is 63.2. The van der Waals surface area contributed by atoms with Gasteiger partial charge in [-0.2, -0.15) is 20.4 Å². The third-order valence-electron chi connectivity index (χ3n) is 20.1. The molecule has 0 spiro atoms. The van der Waals surface area contributed by atoms with Gasteiger partial charge in [0.05, 0.1) is 33.4 Å². The van der Waals surface area contributed by atoms with Crippen molar-refractivity contribution in [1.29, 1.82) is 0 Å². The molecule has 0 aliphatic carbocycles. The summed E-state index contributed by atoms with van der Waals surface area (Å²) in [5, 5.41) is 47.3. The second kappa shape index (κ2) is 36.8. The summed E-state index contributed by atoms with van der Waals surface area (Å²) >= 11 is 4.98. The number of carbonyl (C=O) groups excluding carboxylic acids is 5. The molecule has 0 atom stereocenters. The maximum Gasteiger partial charge on any atom is 0.569 e. The first-order chi connectivity index (χ1) is 54.8. The first-order valence-corrected chi connectivity index (χ1v) is 39.6. The van der Waals surface area contributed by atoms with Crippen LogP contribution in [0.4, 0.5) is 0 Å². The highest BCUT2D eigenvalue weighted by atomic mass is 127. The van der Waals surface area contributed by atoms with Gasteiger partial charge in [-0.15, -0.1) is 22.7 Å². The molecular weight excluding hydrogens is 1580 g/mol. The summed E-state index contributed by atoms with van der Waals surface area (Å²) in [7, 11) is 8.27. The van der Waals surface area contributed by atoms with Crippen molar-refractivity contribution in [1.82, 2.24) is 78.9 Å². The van der Waals surface area contributed by atoms with Crippen molar-refractivity contribution in [3.8, 4) is 39.5 Å². The van der Waals surface area contributed by atoms with Gasteiger partial charge >= 0.3 is 13.7 Å². The molecule has 29 heteroatoms. The Morgan fingerprint density at radius 3 is 1.19 bits per heavy atom. The Bertz CT molecular complexity index is 5510. The average molecular weight is 1660 g/mol. The SMILES string of the molecule is CC(=O)c1ccc2c(c1)c(-c1ccccc1)nn2C.CC(=O)c1ccc2c(c1)c(I)nn2C.Cn1nc(-c2ccccc2)c2cc(C(=O)N3CC(N4CCN(C(=O)c5nccs5)CC4)C3)ccc21.Cn1nc(-c2ccccc2)c2cc(C(=O)O)ccc21.O=C(c1nccs1)N1CCN(C2CNC2)CC1.O[B]Oc1ccccc1. The van der Waals surface area contributed by atoms with Gasteiger partial charge in [0.15, 0.2) is 21.6 Å². The van der Waals surface area contributed by atoms with Gasteiger partial charge in [0.25, 0.3) is 17.7 Å². The summed E-state index contributed by atoms with van der Waals surface area (Å²) in [6, 6.07) is 62.3. The van der Waals surface area contributed by atoms with E-state index in [2.05, 4.69) is 67.6 Å². The van der Waals surface area contributed by atoms with E-state index < -0.39 is 5.97 Å². The van der Waals surface area contributed by atoms with E-state index in [9.17, 15) is 28.8 Å². The third-order valence-corrected chi connectivity index (χ3v) is 22.4. The molecular formula is C84H83BIN16O9S2. The number of benzene rings is 8. The minimum absolute atomic E-state index is 0.0192. The van der Waals surface area contributed by atoms with Crippen LogP contribution in [0.5, 0.6) is 5.75 Å². The van der Waals surface area contributed by atoms with Crippen molar-refractivity contribution < 1.29 is 43.6 Å². The molecule has 10 heterocycles. The lowest BCUT2D eigenvalue weighted by atomic mass is 10.0. The van der Waals surface area contributed by atoms with E-state index in [1.165, 1.54) is 22.7 Å². The van der Waals surface area contributed by atoms with E-state index >= 15 is 0 Å². The number of carboxylic acid groups (broad SMARTS) is 1. The van der Waals surface area contributed by atoms with Gasteiger partial charge in [-0.05, 0) is 121 Å². The van der Waals surface area contributed by atoms with Crippen molar-refractivity contribution in [2.24, 2.45) is 28.2 Å². The number of para-hydroxylation sites is 1. The molecule has 0 bridgehead atoms. The molecule has 25 nitrogen and oxygen atoms in total. The largest absolute Gasteiger partial charge is 0.569 e. The topological polar surface area (TPSA) is 277 Å². The Hall–Kier alpha value is -11.4. The monoisotopic (exact) mass is 1660 g/mol. The van der Waals surface area contributed by atoms with Gasteiger partial charge in [-0.1, -0.05) is 109 Å². The molecule has 113 heavy (non-hydrogen) atoms. The van der Waals surface area contributed by atoms with Crippen molar-refractivity contribution in [3.05, 3.63) is 253 Å². The number of amides is 3. The van der Waals surface area contributed by atoms with Gasteiger partial charge in [-0.3, -0.25) is 52.5 Å². The van der Waals surface area contributed by atoms with Gasteiger partial charge in [0, 0.05) is 197 Å². The molecule has 3 amide bonds. The van der Waals surface area contributed by atoms with Crippen molar-refractivity contribution >= 4 is 132 Å². The molecule has 6 aromatic heterocycles. The van der Waals surface area contributed by atoms with Crippen LogP contribution < -0.4 is 9.97 Å². The van der Waals surface area contributed by atoms with E-state index in [4.69, 9.17) is 15.2 Å². The number of nitrogens with zero attached hydrogens (tertiary/aromatic N) is 15. The maximum absolute atomic E-state index is 13.2. The molecule has 14 aromatic rings. The van der Waals surface area contributed by atoms with E-state index in [0.717, 1.165) is 158 Å². The molecule has 1 radical (unpaired) electrons. The predicted octanol–water partition coefficient (Wildman–Crippen LogP) is 12.2. The molecule has 4 aliphatic rings. The number of hydrogen-bond acceptors (Lipinski definition) is 19. The van der Waals surface area contributed by atoms with Crippen LogP contribution in [0.15, 0.2) is 217 Å². The highest BCUT2D eigenvalue weighted by Crippen LogP contribution is 2.33. The van der Waals surface area contributed by atoms with Crippen LogP contribution >= 0.6 is 45.3 Å². The number of rotatable bonds is 13. The van der Waals surface area contributed by atoms with Crippen molar-refractivity contribution in [2.45, 2.75) is 25.9 Å². The number of Topliss-reactive ketones (excluding diaryl/α,β-unsaturated/α-hetero) is 2. The molecule has 3 N–H and O–H groups in total. The van der Waals surface area contributed by atoms with Gasteiger partial charge in [0.1, 0.15) is 20.8 Å². The number of thiazole rings is 2. The Labute approximate surface area is 675 Å². The Kier molecular flexibility index (Phi) is 25.9. The fourth-order valence-electron chi connectivity index (χ4n) is 13.8. The van der Waals surface area contributed by atoms with Crippen LogP contribution in [0.25, 0.3) is 77.4 Å². The van der Waals surface area contributed by atoms with E-state index in [1.54, 1.807) is 61.3 Å². The summed E-state index contributed by atoms with van der Waals surface area (Å²) < 4.78 is 12.9. The second-order valence-corrected chi connectivity index (χ2v) is 30.1. The maximum atomic E-state index is 13.2. The van der Waals surface area contributed by atoms with Crippen LogP contribution in [-0.4, -0.2) is 217 Å². The normalized spacial score (nSPS) is 14.3. The summed E-state index contributed by atoms with van der Waals surface area (Å²) in [4.78, 5) is 90.4. The molecule has 575 valence electrons. The zero-order valence-corrected chi connectivity index (χ0v) is 66.9. The first-order valence-electron chi connectivity index (χ1n) is 36.8. The number of halogens is 1. The van der Waals surface area contributed by atoms with Gasteiger partial charge in [0.2, 0.25) is 0 Å². The number of carboxylic acids is 1. The lowest BCUT2D eigenvalue weighted by Crippen LogP contribution is -2.64. The Morgan fingerprint density at radius 2 is 0.805 bits per heavy atom. The quantitative estimate of drug-likeness (QED) is 0.0549. The molecule has 4 aliphatic heterocycles. The zero-order chi connectivity index (χ0) is 79.2. The molecule has 0 saturated carbocycles. The Morgan fingerprint density at radius 1 is 0.442 bits per heavy atom. The number of aromatic carboxylic acids is 1. The van der Waals surface area contributed by atoms with Crippen molar-refractivity contribution in [2.75, 3.05) is 78.5 Å². The van der Waals surface area contributed by atoms with E-state index in [1.807, 2.05) is 231 Å². The lowest BCUT2D eigenvalue weighted by molar-refractivity contribution is 0.00851. The first kappa shape index (κ1) is 79.6. The number of piperazine rings is 2. The summed E-state index contributed by atoms with van der Waals surface area (Å²) in [6.07, 6.45) is 3.36. The Balaban J connectivity index is 0.000000125. The molecule has 4 saturated heterocycles. The van der Waals surface area contributed by atoms with E-state index in [-0.39, 0.29) is 34.9 Å². The molecule has 18 rings (SSSR count). The average Bonchev–Trinajstić information content (AvgIpc) is 1.75. The van der Waals surface area contributed by atoms with Crippen LogP contribution in [0.2, 0.25) is 0 Å². The third kappa shape index (κ3) is 18.9. The molecule has 0 unspecified atom stereocenters. The number of aryl methyl sites for hydroxylation is 4. The number of carbonyl (C=O) groups is 6. The van der Waals surface area contributed by atoms with Crippen LogP contribution in [-0.2, 0) is 28.2 Å². The van der Waals surface area contributed by atoms with Gasteiger partial charge in [-0.25, -0.2) is 14.8 Å². The fourth-order valence-corrected chi connectivity index (χ4v) is 15.7. The highest BCUT2D eigenvalue weighted by Gasteiger charge is 2.38. The summed E-state index contributed by atoms with van der Waals surface area (Å²) in [6.45, 7) is 13.5. The van der Waals surface area contributed by atoms with Crippen LogP contribution in [0.3, 0.4) is 0 Å². The lowest BCUT2D eigenvalue weighted by Gasteiger charge is -2.48. The van der Waals surface area contributed by atoms with Crippen LogP contribution in [0, 0.1) is 3.70 Å². The number of ketones is 2. The standard InChI is InChI=1S/C26H26N6O2S.C16H14N2O.C15H12N2O2.C11H16N4OS.C10H9IN2O.C6H6BO2/c1-29-22-8-7-19(15-21(22)23(28-29)18-5-3-2-4-6-18)25(33)32-16-20(17-32)30-10-12-31(13-11-30)26(34)24-27-9-14-35-24;1-11(19)13-8-9-15-14(10-13)16(17-18(15)2)12-6-4-3-5-7-12;1-17-13-8-7-11(15(18)19)9-12(13)14(16-17)10-5-3-2-4-6-10;16-11(10-13-1-6-17-10)15-4-2-14(3-5-15)9-7-12-8-9;1-6(14)7-3-4-9-8(5-7)10(11)12-13(9)2;8-7-9-6-4-2-1-3-5-6/h2-9,14-15,20H,10-13,16-17H2,1H3;3-10H,1-2H3;2-9H,1H3,(H,18,19);1,6,9,12H,2-5,7-8H2;3-5H,1-2H3;1-5,8H. The van der Waals surface area contributed by atoms with E-state index in [0.29, 0.717) is 54.2 Å². The number of nitrogens with one attached hydrogen (secondary N) is 1. The van der Waals surface area contributed by atoms with Crippen LogP contribution in [0.1, 0.15) is 74.9 Å². The highest BCUT2D eigenvalue weighted by molar-refractivity contribution is 14.1.